The van der Waals surface area contributed by atoms with Crippen molar-refractivity contribution in [3.63, 3.8) is 0 Å². The Morgan fingerprint density at radius 1 is 1.75 bits per heavy atom. The van der Waals surface area contributed by atoms with Gasteiger partial charge < -0.3 is 5.32 Å². The zero-order chi connectivity index (χ0) is 8.97. The molecule has 0 amide bonds. The van der Waals surface area contributed by atoms with Crippen LogP contribution in [0.1, 0.15) is 27.2 Å². The smallest absolute Gasteiger partial charge is 0.156 e. The second-order valence-corrected chi connectivity index (χ2v) is 4.52. The summed E-state index contributed by atoms with van der Waals surface area (Å²) >= 11 is 1.84. The minimum atomic E-state index is 0.602. The summed E-state index contributed by atoms with van der Waals surface area (Å²) in [4.78, 5) is 4.51. The van der Waals surface area contributed by atoms with E-state index in [1.165, 1.54) is 12.2 Å². The van der Waals surface area contributed by atoms with Crippen LogP contribution in [-0.2, 0) is 0 Å². The van der Waals surface area contributed by atoms with Crippen LogP contribution in [0.25, 0.3) is 0 Å². The molecule has 70 valence electrons. The number of amidine groups is 1. The number of hydrogen-bond donors (Lipinski definition) is 1. The zero-order valence-electron chi connectivity index (χ0n) is 8.13. The Balaban J connectivity index is 2.28. The monoisotopic (exact) mass is 186 g/mol. The van der Waals surface area contributed by atoms with E-state index in [-0.39, 0.29) is 0 Å². The molecule has 0 radical (unpaired) electrons. The second kappa shape index (κ2) is 4.75. The van der Waals surface area contributed by atoms with E-state index in [9.17, 15) is 0 Å². The Morgan fingerprint density at radius 3 is 3.00 bits per heavy atom. The first-order valence-electron chi connectivity index (χ1n) is 4.66. The average Bonchev–Trinajstić information content (AvgIpc) is 2.47. The highest BCUT2D eigenvalue weighted by Gasteiger charge is 2.14. The van der Waals surface area contributed by atoms with Crippen LogP contribution in [0, 0.1) is 5.92 Å². The van der Waals surface area contributed by atoms with Crippen LogP contribution in [0.2, 0.25) is 0 Å². The molecule has 0 aromatic heterocycles. The topological polar surface area (TPSA) is 24.4 Å². The molecule has 1 aliphatic rings. The van der Waals surface area contributed by atoms with Crippen LogP contribution in [-0.4, -0.2) is 23.5 Å². The molecule has 1 N–H and O–H groups in total. The molecule has 1 fully saturated rings. The van der Waals surface area contributed by atoms with Crippen LogP contribution in [0.3, 0.4) is 0 Å². The first-order valence-corrected chi connectivity index (χ1v) is 5.64. The standard InChI is InChI=1S/C9H18N2S/c1-4-7(2)5-10-9-11-8(3)6-12-9/h7-8H,4-6H2,1-3H3,(H,10,11). The van der Waals surface area contributed by atoms with Gasteiger partial charge in [-0.1, -0.05) is 32.0 Å². The molecule has 1 rings (SSSR count). The molecular weight excluding hydrogens is 168 g/mol. The highest BCUT2D eigenvalue weighted by atomic mass is 32.2. The van der Waals surface area contributed by atoms with E-state index < -0.39 is 0 Å². The van der Waals surface area contributed by atoms with E-state index in [1.54, 1.807) is 0 Å². The molecule has 0 aliphatic carbocycles. The molecule has 12 heavy (non-hydrogen) atoms. The van der Waals surface area contributed by atoms with Crippen molar-refractivity contribution in [2.75, 3.05) is 12.3 Å². The number of thioether (sulfide) groups is 1. The van der Waals surface area contributed by atoms with Gasteiger partial charge in [-0.15, -0.1) is 0 Å². The highest BCUT2D eigenvalue weighted by molar-refractivity contribution is 8.14. The summed E-state index contributed by atoms with van der Waals surface area (Å²) < 4.78 is 0. The fraction of sp³-hybridized carbons (Fsp3) is 0.889. The quantitative estimate of drug-likeness (QED) is 0.730. The third-order valence-electron chi connectivity index (χ3n) is 2.08. The van der Waals surface area contributed by atoms with Crippen molar-refractivity contribution in [3.05, 3.63) is 0 Å². The average molecular weight is 186 g/mol. The van der Waals surface area contributed by atoms with Gasteiger partial charge in [-0.25, -0.2) is 0 Å². The third-order valence-corrected chi connectivity index (χ3v) is 3.27. The van der Waals surface area contributed by atoms with E-state index in [1.807, 2.05) is 11.8 Å². The highest BCUT2D eigenvalue weighted by Crippen LogP contribution is 2.13. The van der Waals surface area contributed by atoms with Crippen LogP contribution < -0.4 is 5.32 Å². The maximum Gasteiger partial charge on any atom is 0.156 e. The molecule has 3 heteroatoms. The third kappa shape index (κ3) is 3.05. The maximum atomic E-state index is 4.51. The van der Waals surface area contributed by atoms with Crippen molar-refractivity contribution in [1.29, 1.82) is 0 Å². The van der Waals surface area contributed by atoms with Crippen LogP contribution >= 0.6 is 11.8 Å². The Bertz CT molecular complexity index is 168. The molecule has 2 nitrogen and oxygen atoms in total. The maximum absolute atomic E-state index is 4.51. The number of hydrogen-bond acceptors (Lipinski definition) is 2. The van der Waals surface area contributed by atoms with Gasteiger partial charge in [-0.2, -0.15) is 0 Å². The molecule has 2 unspecified atom stereocenters. The Kier molecular flexibility index (Phi) is 3.92. The van der Waals surface area contributed by atoms with Gasteiger partial charge in [0.1, 0.15) is 0 Å². The van der Waals surface area contributed by atoms with Crippen molar-refractivity contribution in [2.45, 2.75) is 33.2 Å². The summed E-state index contributed by atoms with van der Waals surface area (Å²) in [6, 6.07) is 0.602. The number of rotatable bonds is 3. The number of nitrogens with zero attached hydrogens (tertiary/aromatic N) is 1. The molecule has 0 saturated carbocycles. The fourth-order valence-corrected chi connectivity index (χ4v) is 1.90. The van der Waals surface area contributed by atoms with Gasteiger partial charge in [0.15, 0.2) is 5.17 Å². The normalized spacial score (nSPS) is 28.9. The fourth-order valence-electron chi connectivity index (χ4n) is 0.957. The predicted molar refractivity (Wildman–Crippen MR) is 56.8 cm³/mol. The number of aliphatic imine (C=N–C) groups is 1. The first kappa shape index (κ1) is 9.90. The Labute approximate surface area is 79.2 Å². The molecule has 0 aromatic carbocycles. The molecule has 0 spiro atoms. The van der Waals surface area contributed by atoms with Crippen molar-refractivity contribution < 1.29 is 0 Å². The minimum absolute atomic E-state index is 0.602. The van der Waals surface area contributed by atoms with E-state index in [2.05, 4.69) is 31.1 Å². The van der Waals surface area contributed by atoms with Crippen LogP contribution in [0.5, 0.6) is 0 Å². The van der Waals surface area contributed by atoms with Gasteiger partial charge in [0.2, 0.25) is 0 Å². The molecule has 2 atom stereocenters. The SMILES string of the molecule is CCC(C)CN=C1NC(C)CS1. The lowest BCUT2D eigenvalue weighted by Gasteiger charge is -2.05. The summed E-state index contributed by atoms with van der Waals surface area (Å²) in [5.74, 6) is 1.88. The summed E-state index contributed by atoms with van der Waals surface area (Å²) in [5.41, 5.74) is 0. The lowest BCUT2D eigenvalue weighted by atomic mass is 10.1. The minimum Gasteiger partial charge on any atom is -0.362 e. The second-order valence-electron chi connectivity index (χ2n) is 3.52. The molecular formula is C9H18N2S. The largest absolute Gasteiger partial charge is 0.362 e. The van der Waals surface area contributed by atoms with E-state index in [0.29, 0.717) is 6.04 Å². The predicted octanol–water partition coefficient (Wildman–Crippen LogP) is 2.11. The van der Waals surface area contributed by atoms with Crippen molar-refractivity contribution in [3.8, 4) is 0 Å². The lowest BCUT2D eigenvalue weighted by molar-refractivity contribution is 0.576. The zero-order valence-corrected chi connectivity index (χ0v) is 8.95. The summed E-state index contributed by atoms with van der Waals surface area (Å²) in [7, 11) is 0. The lowest BCUT2D eigenvalue weighted by Crippen LogP contribution is -2.23. The van der Waals surface area contributed by atoms with Crippen molar-refractivity contribution >= 4 is 16.9 Å². The van der Waals surface area contributed by atoms with Crippen molar-refractivity contribution in [2.24, 2.45) is 10.9 Å². The van der Waals surface area contributed by atoms with Gasteiger partial charge in [-0.05, 0) is 12.8 Å². The van der Waals surface area contributed by atoms with Gasteiger partial charge in [0.25, 0.3) is 0 Å². The summed E-state index contributed by atoms with van der Waals surface area (Å²) in [6.45, 7) is 7.62. The van der Waals surface area contributed by atoms with E-state index in [4.69, 9.17) is 0 Å². The van der Waals surface area contributed by atoms with Gasteiger partial charge in [-0.3, -0.25) is 4.99 Å². The Hall–Kier alpha value is -0.180. The molecule has 1 heterocycles. The van der Waals surface area contributed by atoms with Gasteiger partial charge in [0.05, 0.1) is 0 Å². The number of nitrogens with one attached hydrogen (secondary N) is 1. The molecule has 1 saturated heterocycles. The molecule has 1 aliphatic heterocycles. The van der Waals surface area contributed by atoms with Crippen LogP contribution in [0.4, 0.5) is 0 Å². The molecule has 0 bridgehead atoms. The van der Waals surface area contributed by atoms with Crippen molar-refractivity contribution in [1.82, 2.24) is 5.32 Å². The van der Waals surface area contributed by atoms with E-state index in [0.717, 1.165) is 17.6 Å². The Morgan fingerprint density at radius 2 is 2.50 bits per heavy atom. The first-order chi connectivity index (χ1) is 5.72. The summed E-state index contributed by atoms with van der Waals surface area (Å²) in [5, 5.41) is 4.49. The summed E-state index contributed by atoms with van der Waals surface area (Å²) in [6.07, 6.45) is 1.22. The van der Waals surface area contributed by atoms with Gasteiger partial charge in [0, 0.05) is 18.3 Å². The van der Waals surface area contributed by atoms with E-state index >= 15 is 0 Å². The van der Waals surface area contributed by atoms with Gasteiger partial charge >= 0.3 is 0 Å². The van der Waals surface area contributed by atoms with Crippen LogP contribution in [0.15, 0.2) is 4.99 Å². The molecule has 0 aromatic rings.